The fraction of sp³-hybridized carbons (Fsp3) is 0.263. The minimum Gasteiger partial charge on any atom is -0.316 e. The van der Waals surface area contributed by atoms with Gasteiger partial charge in [0, 0.05) is 30.3 Å². The van der Waals surface area contributed by atoms with Crippen LogP contribution in [0.1, 0.15) is 30.5 Å². The van der Waals surface area contributed by atoms with E-state index in [-0.39, 0.29) is 12.1 Å². The average Bonchev–Trinajstić information content (AvgIpc) is 3.03. The molecule has 0 saturated heterocycles. The topological polar surface area (TPSA) is 86.3 Å². The van der Waals surface area contributed by atoms with E-state index in [1.54, 1.807) is 36.7 Å². The number of amides is 2. The molecule has 0 spiro atoms. The normalized spacial score (nSPS) is 13.8. The molecule has 1 aromatic carbocycles. The number of aromatic nitrogens is 3. The summed E-state index contributed by atoms with van der Waals surface area (Å²) in [4.78, 5) is 23.3. The number of nitrogens with zero attached hydrogens (tertiary/aromatic N) is 5. The summed E-state index contributed by atoms with van der Waals surface area (Å²) < 4.78 is 1.90. The maximum Gasteiger partial charge on any atom is 0.322 e. The summed E-state index contributed by atoms with van der Waals surface area (Å²) in [6.07, 6.45) is 10.3. The van der Waals surface area contributed by atoms with Crippen LogP contribution in [0.15, 0.2) is 49.1 Å². The Hall–Kier alpha value is -3.40. The first-order valence-corrected chi connectivity index (χ1v) is 8.58. The largest absolute Gasteiger partial charge is 0.322 e. The molecule has 1 aliphatic rings. The number of carbonyl (C=O) groups excluding carboxylic acids is 1. The van der Waals surface area contributed by atoms with Crippen molar-refractivity contribution in [2.75, 3.05) is 5.32 Å². The van der Waals surface area contributed by atoms with Crippen molar-refractivity contribution in [3.63, 3.8) is 0 Å². The van der Waals surface area contributed by atoms with Gasteiger partial charge in [0.1, 0.15) is 0 Å². The van der Waals surface area contributed by atoms with Crippen molar-refractivity contribution in [1.82, 2.24) is 19.3 Å². The number of anilines is 1. The van der Waals surface area contributed by atoms with Crippen LogP contribution in [-0.2, 0) is 6.54 Å². The molecule has 1 aliphatic carbocycles. The van der Waals surface area contributed by atoms with Crippen LogP contribution in [0.2, 0.25) is 0 Å². The second-order valence-corrected chi connectivity index (χ2v) is 6.41. The second-order valence-electron chi connectivity index (χ2n) is 6.41. The summed E-state index contributed by atoms with van der Waals surface area (Å²) in [5.74, 6) is 0. The molecule has 0 aliphatic heterocycles. The SMILES string of the molecule is N#Cc1ccc(NC(=O)N(Cc2cn3ccncc3n2)C2CCC2)cc1. The van der Waals surface area contributed by atoms with Crippen LogP contribution in [0.3, 0.4) is 0 Å². The minimum atomic E-state index is -0.144. The maximum atomic E-state index is 12.8. The van der Waals surface area contributed by atoms with Crippen molar-refractivity contribution in [3.05, 3.63) is 60.3 Å². The molecule has 1 saturated carbocycles. The van der Waals surface area contributed by atoms with E-state index < -0.39 is 0 Å². The molecule has 3 aromatic rings. The number of benzene rings is 1. The number of rotatable bonds is 4. The van der Waals surface area contributed by atoms with Crippen LogP contribution in [-0.4, -0.2) is 31.3 Å². The summed E-state index contributed by atoms with van der Waals surface area (Å²) in [6, 6.07) is 9.03. The summed E-state index contributed by atoms with van der Waals surface area (Å²) in [5.41, 5.74) is 2.85. The van der Waals surface area contributed by atoms with Gasteiger partial charge in [-0.25, -0.2) is 9.78 Å². The highest BCUT2D eigenvalue weighted by atomic mass is 16.2. The Morgan fingerprint density at radius 1 is 1.35 bits per heavy atom. The lowest BCUT2D eigenvalue weighted by molar-refractivity contribution is 0.143. The molecule has 1 fully saturated rings. The molecule has 0 unspecified atom stereocenters. The van der Waals surface area contributed by atoms with Crippen molar-refractivity contribution >= 4 is 17.4 Å². The minimum absolute atomic E-state index is 0.144. The maximum absolute atomic E-state index is 12.8. The molecule has 0 bridgehead atoms. The third kappa shape index (κ3) is 3.22. The van der Waals surface area contributed by atoms with Gasteiger partial charge in [0.2, 0.25) is 0 Å². The number of urea groups is 1. The van der Waals surface area contributed by atoms with Gasteiger partial charge in [-0.1, -0.05) is 0 Å². The smallest absolute Gasteiger partial charge is 0.316 e. The lowest BCUT2D eigenvalue weighted by atomic mass is 9.91. The van der Waals surface area contributed by atoms with Crippen LogP contribution < -0.4 is 5.32 Å². The molecule has 0 radical (unpaired) electrons. The van der Waals surface area contributed by atoms with Crippen LogP contribution in [0.5, 0.6) is 0 Å². The molecular formula is C19H18N6O. The molecule has 130 valence electrons. The van der Waals surface area contributed by atoms with E-state index in [1.165, 1.54) is 0 Å². The third-order valence-corrected chi connectivity index (χ3v) is 4.69. The van der Waals surface area contributed by atoms with E-state index in [4.69, 9.17) is 5.26 Å². The summed E-state index contributed by atoms with van der Waals surface area (Å²) in [7, 11) is 0. The molecule has 7 nitrogen and oxygen atoms in total. The summed E-state index contributed by atoms with van der Waals surface area (Å²) in [5, 5.41) is 11.8. The number of hydrogen-bond donors (Lipinski definition) is 1. The second kappa shape index (κ2) is 6.84. The van der Waals surface area contributed by atoms with Gasteiger partial charge in [-0.3, -0.25) is 4.98 Å². The number of fused-ring (bicyclic) bond motifs is 1. The van der Waals surface area contributed by atoms with Gasteiger partial charge >= 0.3 is 6.03 Å². The lowest BCUT2D eigenvalue weighted by Gasteiger charge is -2.37. The molecule has 26 heavy (non-hydrogen) atoms. The number of carbonyl (C=O) groups is 1. The van der Waals surface area contributed by atoms with Gasteiger partial charge < -0.3 is 14.6 Å². The Balaban J connectivity index is 1.52. The molecule has 2 aromatic heterocycles. The fourth-order valence-electron chi connectivity index (χ4n) is 3.03. The van der Waals surface area contributed by atoms with Gasteiger partial charge in [-0.2, -0.15) is 5.26 Å². The standard InChI is InChI=1S/C19H18N6O/c20-10-14-4-6-15(7-5-14)23-19(26)25(17-2-1-3-17)13-16-12-24-9-8-21-11-18(24)22-16/h4-9,11-12,17H,1-3,13H2,(H,23,26). The van der Waals surface area contributed by atoms with E-state index in [2.05, 4.69) is 21.4 Å². The summed E-state index contributed by atoms with van der Waals surface area (Å²) >= 11 is 0. The average molecular weight is 346 g/mol. The monoisotopic (exact) mass is 346 g/mol. The first kappa shape index (κ1) is 16.1. The molecule has 4 rings (SSSR count). The Kier molecular flexibility index (Phi) is 4.23. The zero-order valence-corrected chi connectivity index (χ0v) is 14.2. The number of nitrogens with one attached hydrogen (secondary N) is 1. The third-order valence-electron chi connectivity index (χ3n) is 4.69. The summed E-state index contributed by atoms with van der Waals surface area (Å²) in [6.45, 7) is 0.453. The van der Waals surface area contributed by atoms with Gasteiger partial charge in [0.15, 0.2) is 5.65 Å². The highest BCUT2D eigenvalue weighted by molar-refractivity contribution is 5.89. The number of hydrogen-bond acceptors (Lipinski definition) is 4. The van der Waals surface area contributed by atoms with Gasteiger partial charge in [-0.05, 0) is 43.5 Å². The van der Waals surface area contributed by atoms with Crippen molar-refractivity contribution in [2.45, 2.75) is 31.8 Å². The van der Waals surface area contributed by atoms with Gasteiger partial charge in [-0.15, -0.1) is 0 Å². The quantitative estimate of drug-likeness (QED) is 0.786. The van der Waals surface area contributed by atoms with Gasteiger partial charge in [0.25, 0.3) is 0 Å². The van der Waals surface area contributed by atoms with E-state index in [0.29, 0.717) is 17.8 Å². The van der Waals surface area contributed by atoms with E-state index in [1.807, 2.05) is 21.7 Å². The highest BCUT2D eigenvalue weighted by Gasteiger charge is 2.29. The van der Waals surface area contributed by atoms with Crippen molar-refractivity contribution in [1.29, 1.82) is 5.26 Å². The van der Waals surface area contributed by atoms with Crippen LogP contribution >= 0.6 is 0 Å². The zero-order chi connectivity index (χ0) is 17.9. The first-order valence-electron chi connectivity index (χ1n) is 8.58. The van der Waals surface area contributed by atoms with Gasteiger partial charge in [0.05, 0.1) is 30.1 Å². The van der Waals surface area contributed by atoms with Crippen LogP contribution in [0.4, 0.5) is 10.5 Å². The molecule has 0 atom stereocenters. The lowest BCUT2D eigenvalue weighted by Crippen LogP contribution is -2.45. The predicted octanol–water partition coefficient (Wildman–Crippen LogP) is 3.19. The first-order chi connectivity index (χ1) is 12.7. The molecule has 7 heteroatoms. The van der Waals surface area contributed by atoms with Crippen LogP contribution in [0, 0.1) is 11.3 Å². The molecule has 2 heterocycles. The molecular weight excluding hydrogens is 328 g/mol. The van der Waals surface area contributed by atoms with E-state index in [0.717, 1.165) is 30.6 Å². The van der Waals surface area contributed by atoms with Crippen molar-refractivity contribution in [3.8, 4) is 6.07 Å². The fourth-order valence-corrected chi connectivity index (χ4v) is 3.03. The Bertz CT molecular complexity index is 935. The zero-order valence-electron chi connectivity index (χ0n) is 14.2. The Morgan fingerprint density at radius 2 is 2.15 bits per heavy atom. The number of nitriles is 1. The van der Waals surface area contributed by atoms with Crippen molar-refractivity contribution < 1.29 is 4.79 Å². The molecule has 1 N–H and O–H groups in total. The Labute approximate surface area is 150 Å². The highest BCUT2D eigenvalue weighted by Crippen LogP contribution is 2.27. The Morgan fingerprint density at radius 3 is 2.81 bits per heavy atom. The van der Waals surface area contributed by atoms with E-state index >= 15 is 0 Å². The molecule has 2 amide bonds. The van der Waals surface area contributed by atoms with Crippen molar-refractivity contribution in [2.24, 2.45) is 0 Å². The predicted molar refractivity (Wildman–Crippen MR) is 96.3 cm³/mol. The van der Waals surface area contributed by atoms with Crippen LogP contribution in [0.25, 0.3) is 5.65 Å². The van der Waals surface area contributed by atoms with E-state index in [9.17, 15) is 4.79 Å². The number of imidazole rings is 1.